The highest BCUT2D eigenvalue weighted by Crippen LogP contribution is 2.32. The van der Waals surface area contributed by atoms with Crippen molar-refractivity contribution in [1.29, 1.82) is 0 Å². The molecule has 0 aliphatic carbocycles. The van der Waals surface area contributed by atoms with Crippen molar-refractivity contribution in [1.82, 2.24) is 5.32 Å². The first kappa shape index (κ1) is 10.5. The second-order valence-corrected chi connectivity index (χ2v) is 4.12. The molecular weight excluding hydrogens is 186 g/mol. The average molecular weight is 205 g/mol. The van der Waals surface area contributed by atoms with E-state index in [2.05, 4.69) is 23.5 Å². The Kier molecular flexibility index (Phi) is 3.62. The summed E-state index contributed by atoms with van der Waals surface area (Å²) in [7, 11) is 1.76. The Morgan fingerprint density at radius 3 is 2.93 bits per heavy atom. The SMILES string of the molecule is COc1ccccc1C1CCCNCC1. The van der Waals surface area contributed by atoms with Gasteiger partial charge in [-0.05, 0) is 49.9 Å². The monoisotopic (exact) mass is 205 g/mol. The van der Waals surface area contributed by atoms with Crippen LogP contribution in [0.1, 0.15) is 30.7 Å². The van der Waals surface area contributed by atoms with Gasteiger partial charge < -0.3 is 10.1 Å². The van der Waals surface area contributed by atoms with Gasteiger partial charge in [0.1, 0.15) is 5.75 Å². The van der Waals surface area contributed by atoms with E-state index in [-0.39, 0.29) is 0 Å². The van der Waals surface area contributed by atoms with Crippen molar-refractivity contribution in [2.24, 2.45) is 0 Å². The molecule has 0 spiro atoms. The largest absolute Gasteiger partial charge is 0.496 e. The van der Waals surface area contributed by atoms with E-state index < -0.39 is 0 Å². The zero-order valence-corrected chi connectivity index (χ0v) is 9.33. The fourth-order valence-corrected chi connectivity index (χ4v) is 2.33. The first-order valence-corrected chi connectivity index (χ1v) is 5.75. The van der Waals surface area contributed by atoms with Crippen molar-refractivity contribution >= 4 is 0 Å². The highest BCUT2D eigenvalue weighted by Gasteiger charge is 2.16. The predicted molar refractivity (Wildman–Crippen MR) is 62.5 cm³/mol. The van der Waals surface area contributed by atoms with Crippen LogP contribution in [0.2, 0.25) is 0 Å². The lowest BCUT2D eigenvalue weighted by Crippen LogP contribution is -2.13. The van der Waals surface area contributed by atoms with Crippen molar-refractivity contribution in [3.8, 4) is 5.75 Å². The van der Waals surface area contributed by atoms with E-state index in [0.29, 0.717) is 5.92 Å². The minimum atomic E-state index is 0.663. The summed E-state index contributed by atoms with van der Waals surface area (Å²) < 4.78 is 5.42. The molecule has 0 bridgehead atoms. The van der Waals surface area contributed by atoms with Gasteiger partial charge >= 0.3 is 0 Å². The van der Waals surface area contributed by atoms with E-state index in [1.807, 2.05) is 6.07 Å². The van der Waals surface area contributed by atoms with Crippen LogP contribution < -0.4 is 10.1 Å². The fourth-order valence-electron chi connectivity index (χ4n) is 2.33. The molecular formula is C13H19NO. The van der Waals surface area contributed by atoms with Crippen LogP contribution in [0.3, 0.4) is 0 Å². The van der Waals surface area contributed by atoms with E-state index in [0.717, 1.165) is 18.8 Å². The third-order valence-corrected chi connectivity index (χ3v) is 3.15. The summed E-state index contributed by atoms with van der Waals surface area (Å²) in [6.07, 6.45) is 3.76. The quantitative estimate of drug-likeness (QED) is 0.801. The first-order chi connectivity index (χ1) is 7.42. The number of benzene rings is 1. The lowest BCUT2D eigenvalue weighted by Gasteiger charge is -2.17. The summed E-state index contributed by atoms with van der Waals surface area (Å²) in [5, 5.41) is 3.44. The van der Waals surface area contributed by atoms with Crippen molar-refractivity contribution in [3.05, 3.63) is 29.8 Å². The predicted octanol–water partition coefficient (Wildman–Crippen LogP) is 2.55. The molecule has 0 amide bonds. The number of para-hydroxylation sites is 1. The van der Waals surface area contributed by atoms with Gasteiger partial charge in [0.15, 0.2) is 0 Å². The number of ether oxygens (including phenoxy) is 1. The second-order valence-electron chi connectivity index (χ2n) is 4.12. The molecule has 1 aliphatic rings. The third kappa shape index (κ3) is 2.51. The number of hydrogen-bond donors (Lipinski definition) is 1. The fraction of sp³-hybridized carbons (Fsp3) is 0.538. The standard InChI is InChI=1S/C13H19NO/c1-15-13-7-3-2-6-12(13)11-5-4-9-14-10-8-11/h2-3,6-7,11,14H,4-5,8-10H2,1H3. The molecule has 1 aliphatic heterocycles. The third-order valence-electron chi connectivity index (χ3n) is 3.15. The van der Waals surface area contributed by atoms with Crippen LogP contribution in [0.15, 0.2) is 24.3 Å². The molecule has 1 saturated heterocycles. The summed E-state index contributed by atoms with van der Waals surface area (Å²) in [5.41, 5.74) is 1.38. The van der Waals surface area contributed by atoms with Gasteiger partial charge in [0.05, 0.1) is 7.11 Å². The Balaban J connectivity index is 2.18. The van der Waals surface area contributed by atoms with Crippen LogP contribution in [0, 0.1) is 0 Å². The Bertz CT molecular complexity index is 303. The van der Waals surface area contributed by atoms with Gasteiger partial charge in [-0.15, -0.1) is 0 Å². The summed E-state index contributed by atoms with van der Waals surface area (Å²) in [4.78, 5) is 0. The van der Waals surface area contributed by atoms with Crippen LogP contribution >= 0.6 is 0 Å². The molecule has 1 N–H and O–H groups in total. The summed E-state index contributed by atoms with van der Waals surface area (Å²) in [6.45, 7) is 2.29. The smallest absolute Gasteiger partial charge is 0.122 e. The van der Waals surface area contributed by atoms with Gasteiger partial charge in [-0.25, -0.2) is 0 Å². The van der Waals surface area contributed by atoms with E-state index in [9.17, 15) is 0 Å². The molecule has 1 heterocycles. The van der Waals surface area contributed by atoms with E-state index in [1.165, 1.54) is 24.8 Å². The number of nitrogens with one attached hydrogen (secondary N) is 1. The molecule has 1 atom stereocenters. The molecule has 1 fully saturated rings. The van der Waals surface area contributed by atoms with Crippen molar-refractivity contribution < 1.29 is 4.74 Å². The molecule has 1 aromatic carbocycles. The van der Waals surface area contributed by atoms with Crippen LogP contribution in [0.4, 0.5) is 0 Å². The maximum absolute atomic E-state index is 5.42. The minimum absolute atomic E-state index is 0.663. The Morgan fingerprint density at radius 2 is 2.07 bits per heavy atom. The maximum Gasteiger partial charge on any atom is 0.122 e. The molecule has 1 unspecified atom stereocenters. The van der Waals surface area contributed by atoms with Crippen LogP contribution in [-0.2, 0) is 0 Å². The van der Waals surface area contributed by atoms with Crippen molar-refractivity contribution in [2.75, 3.05) is 20.2 Å². The van der Waals surface area contributed by atoms with Gasteiger partial charge in [-0.1, -0.05) is 18.2 Å². The normalized spacial score (nSPS) is 22.1. The lowest BCUT2D eigenvalue weighted by molar-refractivity contribution is 0.402. The summed E-state index contributed by atoms with van der Waals surface area (Å²) >= 11 is 0. The highest BCUT2D eigenvalue weighted by molar-refractivity contribution is 5.36. The minimum Gasteiger partial charge on any atom is -0.496 e. The lowest BCUT2D eigenvalue weighted by atomic mass is 9.91. The molecule has 2 heteroatoms. The number of rotatable bonds is 2. The average Bonchev–Trinajstić information content (AvgIpc) is 2.57. The maximum atomic E-state index is 5.42. The van der Waals surface area contributed by atoms with Gasteiger partial charge in [-0.3, -0.25) is 0 Å². The number of hydrogen-bond acceptors (Lipinski definition) is 2. The Labute approximate surface area is 91.6 Å². The molecule has 0 aromatic heterocycles. The summed E-state index contributed by atoms with van der Waals surface area (Å²) in [5.74, 6) is 1.71. The van der Waals surface area contributed by atoms with E-state index >= 15 is 0 Å². The summed E-state index contributed by atoms with van der Waals surface area (Å²) in [6, 6.07) is 8.41. The molecule has 1 aromatic rings. The molecule has 82 valence electrons. The molecule has 2 rings (SSSR count). The van der Waals surface area contributed by atoms with Gasteiger partial charge in [0, 0.05) is 0 Å². The molecule has 2 nitrogen and oxygen atoms in total. The highest BCUT2D eigenvalue weighted by atomic mass is 16.5. The van der Waals surface area contributed by atoms with Gasteiger partial charge in [-0.2, -0.15) is 0 Å². The van der Waals surface area contributed by atoms with Gasteiger partial charge in [0.25, 0.3) is 0 Å². The molecule has 15 heavy (non-hydrogen) atoms. The van der Waals surface area contributed by atoms with Crippen LogP contribution in [-0.4, -0.2) is 20.2 Å². The van der Waals surface area contributed by atoms with E-state index in [1.54, 1.807) is 7.11 Å². The topological polar surface area (TPSA) is 21.3 Å². The number of methoxy groups -OCH3 is 1. The molecule has 0 radical (unpaired) electrons. The first-order valence-electron chi connectivity index (χ1n) is 5.75. The van der Waals surface area contributed by atoms with Crippen molar-refractivity contribution in [3.63, 3.8) is 0 Å². The van der Waals surface area contributed by atoms with E-state index in [4.69, 9.17) is 4.74 Å². The van der Waals surface area contributed by atoms with Gasteiger partial charge in [0.2, 0.25) is 0 Å². The van der Waals surface area contributed by atoms with Crippen LogP contribution in [0.25, 0.3) is 0 Å². The van der Waals surface area contributed by atoms with Crippen molar-refractivity contribution in [2.45, 2.75) is 25.2 Å². The zero-order valence-electron chi connectivity index (χ0n) is 9.33. The Hall–Kier alpha value is -1.02. The Morgan fingerprint density at radius 1 is 1.20 bits per heavy atom. The molecule has 0 saturated carbocycles. The second kappa shape index (κ2) is 5.17. The van der Waals surface area contributed by atoms with Crippen LogP contribution in [0.5, 0.6) is 5.75 Å². The zero-order chi connectivity index (χ0) is 10.5.